The monoisotopic (exact) mass is 279 g/mol. The average Bonchev–Trinajstić information content (AvgIpc) is 2.46. The molecule has 0 bridgehead atoms. The van der Waals surface area contributed by atoms with Crippen LogP contribution in [-0.2, 0) is 4.79 Å². The maximum atomic E-state index is 12.0. The van der Waals surface area contributed by atoms with E-state index in [0.29, 0.717) is 11.3 Å². The second-order valence-electron chi connectivity index (χ2n) is 4.87. The van der Waals surface area contributed by atoms with E-state index >= 15 is 0 Å². The Morgan fingerprint density at radius 1 is 0.952 bits per heavy atom. The smallest absolute Gasteiger partial charge is 0.221 e. The minimum atomic E-state index is -0.131. The van der Waals surface area contributed by atoms with Crippen LogP contribution in [0.1, 0.15) is 28.4 Å². The molecule has 3 heteroatoms. The molecule has 0 spiro atoms. The fraction of sp³-hybridized carbons (Fsp3) is 0.111. The molecule has 3 nitrogen and oxygen atoms in total. The number of amides is 1. The molecule has 21 heavy (non-hydrogen) atoms. The summed E-state index contributed by atoms with van der Waals surface area (Å²) in [5.41, 5.74) is 3.45. The van der Waals surface area contributed by atoms with Crippen LogP contribution in [0, 0.1) is 6.92 Å². The first-order valence-electron chi connectivity index (χ1n) is 6.71. The van der Waals surface area contributed by atoms with Gasteiger partial charge in [0.15, 0.2) is 5.78 Å². The van der Waals surface area contributed by atoms with Crippen LogP contribution in [0.2, 0.25) is 0 Å². The lowest BCUT2D eigenvalue weighted by atomic mass is 10.1. The number of nitrogens with one attached hydrogen (secondary N) is 1. The first-order chi connectivity index (χ1) is 10.0. The maximum absolute atomic E-state index is 12.0. The molecule has 0 atom stereocenters. The second-order valence-corrected chi connectivity index (χ2v) is 4.87. The third-order valence-electron chi connectivity index (χ3n) is 2.99. The van der Waals surface area contributed by atoms with Gasteiger partial charge in [0.2, 0.25) is 5.91 Å². The molecule has 2 rings (SSSR count). The van der Waals surface area contributed by atoms with Crippen LogP contribution in [0.25, 0.3) is 6.08 Å². The molecule has 2 aromatic rings. The normalized spacial score (nSPS) is 10.6. The minimum Gasteiger partial charge on any atom is -0.326 e. The summed E-state index contributed by atoms with van der Waals surface area (Å²) in [4.78, 5) is 23.0. The van der Waals surface area contributed by atoms with Gasteiger partial charge >= 0.3 is 0 Å². The fourth-order valence-electron chi connectivity index (χ4n) is 1.87. The van der Waals surface area contributed by atoms with Crippen LogP contribution >= 0.6 is 0 Å². The van der Waals surface area contributed by atoms with Gasteiger partial charge in [0, 0.05) is 18.2 Å². The van der Waals surface area contributed by atoms with E-state index in [4.69, 9.17) is 0 Å². The van der Waals surface area contributed by atoms with Gasteiger partial charge in [-0.15, -0.1) is 0 Å². The van der Waals surface area contributed by atoms with Gasteiger partial charge in [-0.05, 0) is 42.8 Å². The highest BCUT2D eigenvalue weighted by atomic mass is 16.1. The van der Waals surface area contributed by atoms with Gasteiger partial charge in [-0.25, -0.2) is 0 Å². The van der Waals surface area contributed by atoms with E-state index in [2.05, 4.69) is 5.32 Å². The minimum absolute atomic E-state index is 0.0649. The SMILES string of the molecule is CC(=O)Nc1ccc(C(=O)C=Cc2ccc(C)cc2)cc1. The van der Waals surface area contributed by atoms with Crippen molar-refractivity contribution < 1.29 is 9.59 Å². The van der Waals surface area contributed by atoms with Crippen molar-refractivity contribution in [1.82, 2.24) is 0 Å². The molecule has 0 heterocycles. The van der Waals surface area contributed by atoms with Crippen molar-refractivity contribution in [2.45, 2.75) is 13.8 Å². The number of allylic oxidation sites excluding steroid dienone is 1. The largest absolute Gasteiger partial charge is 0.326 e. The first-order valence-corrected chi connectivity index (χ1v) is 6.71. The number of anilines is 1. The zero-order valence-electron chi connectivity index (χ0n) is 12.1. The van der Waals surface area contributed by atoms with E-state index in [9.17, 15) is 9.59 Å². The molecule has 2 aromatic carbocycles. The van der Waals surface area contributed by atoms with Crippen molar-refractivity contribution in [3.63, 3.8) is 0 Å². The molecule has 1 amide bonds. The Hall–Kier alpha value is -2.68. The summed E-state index contributed by atoms with van der Waals surface area (Å²) < 4.78 is 0. The average molecular weight is 279 g/mol. The predicted octanol–water partition coefficient (Wildman–Crippen LogP) is 3.85. The standard InChI is InChI=1S/C18H17NO2/c1-13-3-5-15(6-4-13)7-12-18(21)16-8-10-17(11-9-16)19-14(2)20/h3-12H,1-2H3,(H,19,20). The van der Waals surface area contributed by atoms with Crippen LogP contribution in [0.4, 0.5) is 5.69 Å². The first kappa shape index (κ1) is 14.7. The van der Waals surface area contributed by atoms with Crippen molar-refractivity contribution in [3.8, 4) is 0 Å². The predicted molar refractivity (Wildman–Crippen MR) is 85.3 cm³/mol. The molecule has 0 aliphatic heterocycles. The van der Waals surface area contributed by atoms with E-state index < -0.39 is 0 Å². The molecule has 0 saturated carbocycles. The quantitative estimate of drug-likeness (QED) is 0.682. The van der Waals surface area contributed by atoms with Gasteiger partial charge in [0.25, 0.3) is 0 Å². The Balaban J connectivity index is 2.06. The number of ketones is 1. The molecular formula is C18H17NO2. The Kier molecular flexibility index (Phi) is 4.67. The number of hydrogen-bond donors (Lipinski definition) is 1. The molecule has 0 aromatic heterocycles. The van der Waals surface area contributed by atoms with Crippen molar-refractivity contribution in [3.05, 3.63) is 71.3 Å². The zero-order chi connectivity index (χ0) is 15.2. The van der Waals surface area contributed by atoms with Gasteiger partial charge in [0.05, 0.1) is 0 Å². The van der Waals surface area contributed by atoms with Crippen LogP contribution in [0.5, 0.6) is 0 Å². The highest BCUT2D eigenvalue weighted by Crippen LogP contribution is 2.11. The lowest BCUT2D eigenvalue weighted by Gasteiger charge is -2.02. The molecule has 106 valence electrons. The third kappa shape index (κ3) is 4.42. The Morgan fingerprint density at radius 3 is 2.14 bits per heavy atom. The van der Waals surface area contributed by atoms with Crippen LogP contribution < -0.4 is 5.32 Å². The van der Waals surface area contributed by atoms with Gasteiger partial charge < -0.3 is 5.32 Å². The topological polar surface area (TPSA) is 46.2 Å². The fourth-order valence-corrected chi connectivity index (χ4v) is 1.87. The van der Waals surface area contributed by atoms with Gasteiger partial charge in [-0.1, -0.05) is 35.9 Å². The zero-order valence-corrected chi connectivity index (χ0v) is 12.1. The number of aryl methyl sites for hydroxylation is 1. The summed E-state index contributed by atoms with van der Waals surface area (Å²) in [6.07, 6.45) is 3.35. The second kappa shape index (κ2) is 6.66. The van der Waals surface area contributed by atoms with Gasteiger partial charge in [0.1, 0.15) is 0 Å². The number of rotatable bonds is 4. The number of benzene rings is 2. The summed E-state index contributed by atoms with van der Waals surface area (Å²) in [7, 11) is 0. The van der Waals surface area contributed by atoms with E-state index in [1.165, 1.54) is 12.5 Å². The summed E-state index contributed by atoms with van der Waals surface area (Å²) >= 11 is 0. The Labute approximate surface area is 124 Å². The lowest BCUT2D eigenvalue weighted by molar-refractivity contribution is -0.114. The van der Waals surface area contributed by atoms with Gasteiger partial charge in [-0.2, -0.15) is 0 Å². The van der Waals surface area contributed by atoms with Crippen molar-refractivity contribution in [1.29, 1.82) is 0 Å². The van der Waals surface area contributed by atoms with Crippen molar-refractivity contribution in [2.24, 2.45) is 0 Å². The van der Waals surface area contributed by atoms with Crippen LogP contribution in [-0.4, -0.2) is 11.7 Å². The lowest BCUT2D eigenvalue weighted by Crippen LogP contribution is -2.05. The highest BCUT2D eigenvalue weighted by Gasteiger charge is 2.02. The van der Waals surface area contributed by atoms with E-state index in [1.807, 2.05) is 31.2 Å². The Bertz CT molecular complexity index is 667. The molecule has 0 aliphatic carbocycles. The van der Waals surface area contributed by atoms with E-state index in [0.717, 1.165) is 5.56 Å². The third-order valence-corrected chi connectivity index (χ3v) is 2.99. The summed E-state index contributed by atoms with van der Waals surface area (Å²) in [5, 5.41) is 2.67. The summed E-state index contributed by atoms with van der Waals surface area (Å²) in [6, 6.07) is 14.8. The van der Waals surface area contributed by atoms with Crippen LogP contribution in [0.15, 0.2) is 54.6 Å². The molecule has 0 aliphatic rings. The highest BCUT2D eigenvalue weighted by molar-refractivity contribution is 6.07. The number of hydrogen-bond acceptors (Lipinski definition) is 2. The molecule has 1 N–H and O–H groups in total. The molecule has 0 radical (unpaired) electrons. The number of carbonyl (C=O) groups excluding carboxylic acids is 2. The van der Waals surface area contributed by atoms with E-state index in [1.54, 1.807) is 36.4 Å². The number of carbonyl (C=O) groups is 2. The van der Waals surface area contributed by atoms with E-state index in [-0.39, 0.29) is 11.7 Å². The van der Waals surface area contributed by atoms with Crippen molar-refractivity contribution in [2.75, 3.05) is 5.32 Å². The van der Waals surface area contributed by atoms with Crippen LogP contribution in [0.3, 0.4) is 0 Å². The van der Waals surface area contributed by atoms with Gasteiger partial charge in [-0.3, -0.25) is 9.59 Å². The molecule has 0 saturated heterocycles. The molecular weight excluding hydrogens is 262 g/mol. The summed E-state index contributed by atoms with van der Waals surface area (Å²) in [5.74, 6) is -0.196. The summed E-state index contributed by atoms with van der Waals surface area (Å²) in [6.45, 7) is 3.47. The molecule has 0 unspecified atom stereocenters. The Morgan fingerprint density at radius 2 is 1.57 bits per heavy atom. The van der Waals surface area contributed by atoms with Crippen molar-refractivity contribution >= 4 is 23.5 Å². The molecule has 0 fully saturated rings. The maximum Gasteiger partial charge on any atom is 0.221 e.